The summed E-state index contributed by atoms with van der Waals surface area (Å²) < 4.78 is 17.2. The van der Waals surface area contributed by atoms with Crippen LogP contribution in [0.5, 0.6) is 5.75 Å². The van der Waals surface area contributed by atoms with Gasteiger partial charge in [-0.05, 0) is 48.8 Å². The van der Waals surface area contributed by atoms with Gasteiger partial charge in [-0.3, -0.25) is 0 Å². The Labute approximate surface area is 211 Å². The molecule has 184 valence electrons. The molecule has 0 aliphatic rings. The van der Waals surface area contributed by atoms with Crippen LogP contribution in [0.25, 0.3) is 10.8 Å². The number of aryl methyl sites for hydroxylation is 2. The van der Waals surface area contributed by atoms with E-state index in [1.54, 1.807) is 13.8 Å². The first-order chi connectivity index (χ1) is 17.6. The molecular formula is C31H30O5. The summed E-state index contributed by atoms with van der Waals surface area (Å²) in [6.07, 6.45) is 1.24. The quantitative estimate of drug-likeness (QED) is 0.240. The van der Waals surface area contributed by atoms with E-state index in [1.165, 1.54) is 0 Å². The van der Waals surface area contributed by atoms with E-state index in [2.05, 4.69) is 12.1 Å². The molecule has 0 heterocycles. The maximum absolute atomic E-state index is 13.4. The molecule has 0 aliphatic heterocycles. The molecule has 0 atom stereocenters. The fourth-order valence-corrected chi connectivity index (χ4v) is 4.36. The van der Waals surface area contributed by atoms with Gasteiger partial charge < -0.3 is 14.2 Å². The van der Waals surface area contributed by atoms with E-state index in [0.717, 1.165) is 27.5 Å². The van der Waals surface area contributed by atoms with Crippen molar-refractivity contribution in [3.63, 3.8) is 0 Å². The molecule has 0 aliphatic carbocycles. The number of fused-ring (bicyclic) bond motifs is 1. The van der Waals surface area contributed by atoms with Crippen molar-refractivity contribution in [1.82, 2.24) is 0 Å². The standard InChI is InChI=1S/C31H30O5/c1-3-34-30(32)27-25(20-19-22-13-7-5-8-14-22)24-17-11-12-18-26(24)29(28(27)31(33)35-4-2)36-21-23-15-9-6-10-16-23/h5-18H,3-4,19-21H2,1-2H3. The smallest absolute Gasteiger partial charge is 0.342 e. The topological polar surface area (TPSA) is 61.8 Å². The lowest BCUT2D eigenvalue weighted by molar-refractivity contribution is 0.0474. The number of carbonyl (C=O) groups excluding carboxylic acids is 2. The van der Waals surface area contributed by atoms with Crippen LogP contribution in [0.4, 0.5) is 0 Å². The molecular weight excluding hydrogens is 452 g/mol. The highest BCUT2D eigenvalue weighted by Crippen LogP contribution is 2.38. The van der Waals surface area contributed by atoms with Crippen molar-refractivity contribution in [2.24, 2.45) is 0 Å². The Morgan fingerprint density at radius 1 is 0.611 bits per heavy atom. The van der Waals surface area contributed by atoms with Gasteiger partial charge in [-0.15, -0.1) is 0 Å². The van der Waals surface area contributed by atoms with Gasteiger partial charge >= 0.3 is 11.9 Å². The van der Waals surface area contributed by atoms with Crippen molar-refractivity contribution in [3.8, 4) is 5.75 Å². The van der Waals surface area contributed by atoms with Gasteiger partial charge in [-0.25, -0.2) is 9.59 Å². The fraction of sp³-hybridized carbons (Fsp3) is 0.226. The average molecular weight is 483 g/mol. The van der Waals surface area contributed by atoms with E-state index in [1.807, 2.05) is 72.8 Å². The first kappa shape index (κ1) is 25.0. The summed E-state index contributed by atoms with van der Waals surface area (Å²) in [5, 5.41) is 1.61. The zero-order chi connectivity index (χ0) is 25.3. The molecule has 0 N–H and O–H groups in total. The summed E-state index contributed by atoms with van der Waals surface area (Å²) in [5.41, 5.74) is 3.17. The van der Waals surface area contributed by atoms with Gasteiger partial charge in [-0.2, -0.15) is 0 Å². The van der Waals surface area contributed by atoms with E-state index in [0.29, 0.717) is 18.6 Å². The van der Waals surface area contributed by atoms with E-state index in [4.69, 9.17) is 14.2 Å². The SMILES string of the molecule is CCOC(=O)c1c(C(=O)OCC)c(OCc2ccccc2)c2ccccc2c1CCc1ccccc1. The van der Waals surface area contributed by atoms with Crippen LogP contribution in [0.1, 0.15) is 51.3 Å². The summed E-state index contributed by atoms with van der Waals surface area (Å²) >= 11 is 0. The second-order valence-corrected chi connectivity index (χ2v) is 8.30. The van der Waals surface area contributed by atoms with Gasteiger partial charge in [0.25, 0.3) is 0 Å². The highest BCUT2D eigenvalue weighted by Gasteiger charge is 2.31. The third-order valence-electron chi connectivity index (χ3n) is 5.97. The summed E-state index contributed by atoms with van der Waals surface area (Å²) in [5.74, 6) is -0.825. The van der Waals surface area contributed by atoms with Crippen LogP contribution >= 0.6 is 0 Å². The molecule has 0 fully saturated rings. The maximum atomic E-state index is 13.4. The lowest BCUT2D eigenvalue weighted by Crippen LogP contribution is -2.19. The van der Waals surface area contributed by atoms with Crippen LogP contribution in [0.3, 0.4) is 0 Å². The van der Waals surface area contributed by atoms with Crippen molar-refractivity contribution >= 4 is 22.7 Å². The summed E-state index contributed by atoms with van der Waals surface area (Å²) in [7, 11) is 0. The minimum atomic E-state index is -0.602. The van der Waals surface area contributed by atoms with Crippen LogP contribution in [0.2, 0.25) is 0 Å². The highest BCUT2D eigenvalue weighted by molar-refractivity contribution is 6.13. The first-order valence-corrected chi connectivity index (χ1v) is 12.3. The first-order valence-electron chi connectivity index (χ1n) is 12.3. The highest BCUT2D eigenvalue weighted by atomic mass is 16.5. The van der Waals surface area contributed by atoms with Crippen LogP contribution in [-0.2, 0) is 28.9 Å². The predicted octanol–water partition coefficient (Wildman–Crippen LogP) is 6.56. The van der Waals surface area contributed by atoms with Gasteiger partial charge in [-0.1, -0.05) is 84.9 Å². The molecule has 4 aromatic carbocycles. The molecule has 0 amide bonds. The molecule has 5 heteroatoms. The number of benzene rings is 4. The Morgan fingerprint density at radius 3 is 1.75 bits per heavy atom. The van der Waals surface area contributed by atoms with Crippen molar-refractivity contribution < 1.29 is 23.8 Å². The third kappa shape index (κ3) is 5.57. The normalized spacial score (nSPS) is 10.7. The molecule has 4 rings (SSSR count). The number of hydrogen-bond acceptors (Lipinski definition) is 5. The lowest BCUT2D eigenvalue weighted by Gasteiger charge is -2.21. The zero-order valence-corrected chi connectivity index (χ0v) is 20.7. The monoisotopic (exact) mass is 482 g/mol. The van der Waals surface area contributed by atoms with E-state index in [9.17, 15) is 9.59 Å². The Kier molecular flexibility index (Phi) is 8.35. The van der Waals surface area contributed by atoms with Gasteiger partial charge in [0.2, 0.25) is 0 Å². The van der Waals surface area contributed by atoms with Crippen molar-refractivity contribution in [2.75, 3.05) is 13.2 Å². The summed E-state index contributed by atoms with van der Waals surface area (Å²) in [6, 6.07) is 27.5. The largest absolute Gasteiger partial charge is 0.487 e. The fourth-order valence-electron chi connectivity index (χ4n) is 4.36. The Hall–Kier alpha value is -4.12. The number of ether oxygens (including phenoxy) is 3. The molecule has 5 nitrogen and oxygen atoms in total. The maximum Gasteiger partial charge on any atom is 0.342 e. The predicted molar refractivity (Wildman–Crippen MR) is 140 cm³/mol. The molecule has 0 saturated carbocycles. The molecule has 36 heavy (non-hydrogen) atoms. The molecule has 4 aromatic rings. The molecule has 0 radical (unpaired) electrons. The number of hydrogen-bond donors (Lipinski definition) is 0. The summed E-state index contributed by atoms with van der Waals surface area (Å²) in [4.78, 5) is 26.8. The average Bonchev–Trinajstić information content (AvgIpc) is 2.91. The van der Waals surface area contributed by atoms with Gasteiger partial charge in [0.1, 0.15) is 17.9 Å². The van der Waals surface area contributed by atoms with E-state index >= 15 is 0 Å². The van der Waals surface area contributed by atoms with Gasteiger partial charge in [0.15, 0.2) is 0 Å². The lowest BCUT2D eigenvalue weighted by atomic mass is 9.89. The number of rotatable bonds is 10. The van der Waals surface area contributed by atoms with Crippen molar-refractivity contribution in [3.05, 3.63) is 113 Å². The third-order valence-corrected chi connectivity index (χ3v) is 5.97. The Bertz CT molecular complexity index is 1230. The second-order valence-electron chi connectivity index (χ2n) is 8.30. The molecule has 0 unspecified atom stereocenters. The van der Waals surface area contributed by atoms with Gasteiger partial charge in [0.05, 0.1) is 18.8 Å². The van der Waals surface area contributed by atoms with Crippen LogP contribution in [-0.4, -0.2) is 25.2 Å². The molecule has 0 spiro atoms. The second kappa shape index (κ2) is 12.0. The van der Waals surface area contributed by atoms with Crippen LogP contribution < -0.4 is 4.74 Å². The molecule has 0 aromatic heterocycles. The van der Waals surface area contributed by atoms with Crippen LogP contribution in [0, 0.1) is 0 Å². The number of carbonyl (C=O) groups is 2. The molecule has 0 bridgehead atoms. The van der Waals surface area contributed by atoms with Crippen LogP contribution in [0.15, 0.2) is 84.9 Å². The van der Waals surface area contributed by atoms with E-state index in [-0.39, 0.29) is 30.9 Å². The number of esters is 2. The minimum absolute atomic E-state index is 0.119. The van der Waals surface area contributed by atoms with E-state index < -0.39 is 11.9 Å². The zero-order valence-electron chi connectivity index (χ0n) is 20.7. The minimum Gasteiger partial charge on any atom is -0.487 e. The van der Waals surface area contributed by atoms with Crippen molar-refractivity contribution in [2.45, 2.75) is 33.3 Å². The summed E-state index contributed by atoms with van der Waals surface area (Å²) in [6.45, 7) is 4.09. The Balaban J connectivity index is 1.92. The molecule has 0 saturated heterocycles. The van der Waals surface area contributed by atoms with Gasteiger partial charge in [0, 0.05) is 5.39 Å². The van der Waals surface area contributed by atoms with Crippen molar-refractivity contribution in [1.29, 1.82) is 0 Å². The Morgan fingerprint density at radius 2 is 1.14 bits per heavy atom.